The Labute approximate surface area is 195 Å². The molecule has 3 N–H and O–H groups in total. The molecule has 6 nitrogen and oxygen atoms in total. The maximum atomic E-state index is 11.9. The molecule has 3 aromatic carbocycles. The fourth-order valence-corrected chi connectivity index (χ4v) is 3.76. The molecule has 0 spiro atoms. The van der Waals surface area contributed by atoms with Crippen LogP contribution >= 0.6 is 0 Å². The molecule has 3 rings (SSSR count). The minimum Gasteiger partial charge on any atom is -0.497 e. The molecule has 0 aliphatic heterocycles. The number of para-hydroxylation sites is 1. The van der Waals surface area contributed by atoms with Gasteiger partial charge in [-0.1, -0.05) is 42.5 Å². The number of nitrogens with one attached hydrogen (secondary N) is 1. The SMILES string of the molecule is COc1ccc(C(O)(CC(C)NC[C@@H](O)COc2ccccc2)c2ccc(OC)cc2)cc1. The van der Waals surface area contributed by atoms with Crippen LogP contribution in [0.15, 0.2) is 78.9 Å². The van der Waals surface area contributed by atoms with Crippen LogP contribution < -0.4 is 19.5 Å². The molecule has 0 saturated heterocycles. The van der Waals surface area contributed by atoms with E-state index >= 15 is 0 Å². The van der Waals surface area contributed by atoms with E-state index < -0.39 is 11.7 Å². The fraction of sp³-hybridized carbons (Fsp3) is 0.333. The van der Waals surface area contributed by atoms with Gasteiger partial charge in [-0.3, -0.25) is 0 Å². The van der Waals surface area contributed by atoms with Crippen LogP contribution in [-0.4, -0.2) is 49.7 Å². The van der Waals surface area contributed by atoms with Crippen molar-refractivity contribution in [3.05, 3.63) is 90.0 Å². The van der Waals surface area contributed by atoms with E-state index in [0.29, 0.717) is 13.0 Å². The largest absolute Gasteiger partial charge is 0.497 e. The highest BCUT2D eigenvalue weighted by molar-refractivity contribution is 5.41. The van der Waals surface area contributed by atoms with Crippen molar-refractivity contribution in [3.8, 4) is 17.2 Å². The van der Waals surface area contributed by atoms with Crippen molar-refractivity contribution >= 4 is 0 Å². The summed E-state index contributed by atoms with van der Waals surface area (Å²) in [5.41, 5.74) is 0.279. The van der Waals surface area contributed by atoms with Gasteiger partial charge in [0.05, 0.1) is 14.2 Å². The Kier molecular flexibility index (Phi) is 8.72. The second-order valence-electron chi connectivity index (χ2n) is 8.11. The molecule has 1 unspecified atom stereocenters. The molecule has 0 bridgehead atoms. The van der Waals surface area contributed by atoms with Crippen LogP contribution in [0.1, 0.15) is 24.5 Å². The summed E-state index contributed by atoms with van der Waals surface area (Å²) >= 11 is 0. The summed E-state index contributed by atoms with van der Waals surface area (Å²) in [6.07, 6.45) is -0.277. The average molecular weight is 452 g/mol. The predicted octanol–water partition coefficient (Wildman–Crippen LogP) is 3.75. The zero-order valence-corrected chi connectivity index (χ0v) is 19.4. The van der Waals surface area contributed by atoms with Gasteiger partial charge in [0.15, 0.2) is 0 Å². The molecule has 0 aromatic heterocycles. The first-order valence-corrected chi connectivity index (χ1v) is 11.1. The summed E-state index contributed by atoms with van der Waals surface area (Å²) in [4.78, 5) is 0. The Hall–Kier alpha value is -3.06. The van der Waals surface area contributed by atoms with Crippen molar-refractivity contribution in [2.75, 3.05) is 27.4 Å². The number of methoxy groups -OCH3 is 2. The molecule has 0 heterocycles. The van der Waals surface area contributed by atoms with Gasteiger partial charge in [-0.15, -0.1) is 0 Å². The quantitative estimate of drug-likeness (QED) is 0.389. The van der Waals surface area contributed by atoms with Gasteiger partial charge in [0.1, 0.15) is 35.6 Å². The average Bonchev–Trinajstić information content (AvgIpc) is 2.87. The third-order valence-corrected chi connectivity index (χ3v) is 5.62. The molecule has 176 valence electrons. The molecular formula is C27H33NO5. The predicted molar refractivity (Wildman–Crippen MR) is 129 cm³/mol. The number of hydrogen-bond donors (Lipinski definition) is 3. The van der Waals surface area contributed by atoms with Crippen LogP contribution in [0, 0.1) is 0 Å². The molecule has 33 heavy (non-hydrogen) atoms. The summed E-state index contributed by atoms with van der Waals surface area (Å²) < 4.78 is 16.2. The lowest BCUT2D eigenvalue weighted by atomic mass is 9.81. The third-order valence-electron chi connectivity index (χ3n) is 5.62. The van der Waals surface area contributed by atoms with Crippen LogP contribution in [0.5, 0.6) is 17.2 Å². The minimum absolute atomic E-state index is 0.0921. The van der Waals surface area contributed by atoms with E-state index in [1.807, 2.05) is 85.8 Å². The topological polar surface area (TPSA) is 80.2 Å². The van der Waals surface area contributed by atoms with Gasteiger partial charge in [-0.05, 0) is 60.9 Å². The molecule has 0 saturated carbocycles. The van der Waals surface area contributed by atoms with Crippen molar-refractivity contribution in [1.29, 1.82) is 0 Å². The molecular weight excluding hydrogens is 418 g/mol. The Morgan fingerprint density at radius 1 is 0.788 bits per heavy atom. The smallest absolute Gasteiger partial charge is 0.119 e. The number of hydrogen-bond acceptors (Lipinski definition) is 6. The van der Waals surface area contributed by atoms with E-state index in [1.165, 1.54) is 0 Å². The first kappa shape index (κ1) is 24.6. The molecule has 0 aliphatic rings. The number of benzene rings is 3. The molecule has 0 amide bonds. The lowest BCUT2D eigenvalue weighted by Crippen LogP contribution is -2.41. The van der Waals surface area contributed by atoms with Crippen molar-refractivity contribution in [3.63, 3.8) is 0 Å². The van der Waals surface area contributed by atoms with Gasteiger partial charge >= 0.3 is 0 Å². The van der Waals surface area contributed by atoms with Gasteiger partial charge in [-0.25, -0.2) is 0 Å². The van der Waals surface area contributed by atoms with Crippen molar-refractivity contribution in [2.24, 2.45) is 0 Å². The summed E-state index contributed by atoms with van der Waals surface area (Å²) in [5, 5.41) is 25.5. The number of aliphatic hydroxyl groups excluding tert-OH is 1. The van der Waals surface area contributed by atoms with E-state index in [1.54, 1.807) is 14.2 Å². The Morgan fingerprint density at radius 3 is 1.79 bits per heavy atom. The Morgan fingerprint density at radius 2 is 1.30 bits per heavy atom. The lowest BCUT2D eigenvalue weighted by molar-refractivity contribution is 0.0557. The third kappa shape index (κ3) is 6.71. The van der Waals surface area contributed by atoms with Gasteiger partial charge in [0.25, 0.3) is 0 Å². The van der Waals surface area contributed by atoms with Crippen LogP contribution in [0.2, 0.25) is 0 Å². The maximum Gasteiger partial charge on any atom is 0.119 e. The van der Waals surface area contributed by atoms with Crippen LogP contribution in [-0.2, 0) is 5.60 Å². The second-order valence-corrected chi connectivity index (χ2v) is 8.11. The highest BCUT2D eigenvalue weighted by atomic mass is 16.5. The molecule has 0 radical (unpaired) electrons. The highest BCUT2D eigenvalue weighted by Gasteiger charge is 2.33. The zero-order chi connectivity index (χ0) is 23.7. The summed E-state index contributed by atoms with van der Waals surface area (Å²) in [6.45, 7) is 2.52. The van der Waals surface area contributed by atoms with E-state index in [4.69, 9.17) is 14.2 Å². The van der Waals surface area contributed by atoms with E-state index in [-0.39, 0.29) is 12.6 Å². The first-order valence-electron chi connectivity index (χ1n) is 11.1. The molecule has 2 atom stereocenters. The van der Waals surface area contributed by atoms with Crippen LogP contribution in [0.4, 0.5) is 0 Å². The van der Waals surface area contributed by atoms with Crippen LogP contribution in [0.3, 0.4) is 0 Å². The lowest BCUT2D eigenvalue weighted by Gasteiger charge is -2.33. The molecule has 3 aromatic rings. The Balaban J connectivity index is 1.68. The second kappa shape index (κ2) is 11.7. The highest BCUT2D eigenvalue weighted by Crippen LogP contribution is 2.36. The van der Waals surface area contributed by atoms with Crippen LogP contribution in [0.25, 0.3) is 0 Å². The van der Waals surface area contributed by atoms with Gasteiger partial charge in [0, 0.05) is 12.6 Å². The maximum absolute atomic E-state index is 11.9. The normalized spacial score (nSPS) is 13.2. The minimum atomic E-state index is -1.24. The zero-order valence-electron chi connectivity index (χ0n) is 19.4. The van der Waals surface area contributed by atoms with E-state index in [2.05, 4.69) is 5.32 Å². The van der Waals surface area contributed by atoms with Crippen molar-refractivity contribution in [1.82, 2.24) is 5.32 Å². The summed E-state index contributed by atoms with van der Waals surface area (Å²) in [5.74, 6) is 2.17. The monoisotopic (exact) mass is 451 g/mol. The van der Waals surface area contributed by atoms with E-state index in [9.17, 15) is 10.2 Å². The molecule has 0 fully saturated rings. The number of rotatable bonds is 12. The Bertz CT molecular complexity index is 913. The van der Waals surface area contributed by atoms with E-state index in [0.717, 1.165) is 28.4 Å². The van der Waals surface area contributed by atoms with Gasteiger partial charge < -0.3 is 29.7 Å². The van der Waals surface area contributed by atoms with Crippen molar-refractivity contribution in [2.45, 2.75) is 31.1 Å². The molecule has 6 heteroatoms. The first-order chi connectivity index (χ1) is 15.9. The number of aliphatic hydroxyl groups is 2. The molecule has 0 aliphatic carbocycles. The van der Waals surface area contributed by atoms with Crippen molar-refractivity contribution < 1.29 is 24.4 Å². The van der Waals surface area contributed by atoms with Gasteiger partial charge in [-0.2, -0.15) is 0 Å². The summed E-state index contributed by atoms with van der Waals surface area (Å²) in [6, 6.07) is 24.2. The summed E-state index contributed by atoms with van der Waals surface area (Å²) in [7, 11) is 3.23. The number of ether oxygens (including phenoxy) is 3. The van der Waals surface area contributed by atoms with Gasteiger partial charge in [0.2, 0.25) is 0 Å². The standard InChI is InChI=1S/C27H33NO5/c1-20(28-18-23(29)19-33-26-7-5-4-6-8-26)17-27(30,21-9-13-24(31-2)14-10-21)22-11-15-25(32-3)16-12-22/h4-16,20,23,28-30H,17-19H2,1-3H3/t20?,23-/m1/s1. The fourth-order valence-electron chi connectivity index (χ4n) is 3.76.